The number of nitrogens with zero attached hydrogens (tertiary/aromatic N) is 4. The Labute approximate surface area is 113 Å². The van der Waals surface area contributed by atoms with Crippen LogP contribution in [0.3, 0.4) is 0 Å². The molecular formula is C14H21N5. The molecule has 0 aromatic carbocycles. The molecule has 102 valence electrons. The van der Waals surface area contributed by atoms with E-state index in [4.69, 9.17) is 5.73 Å². The highest BCUT2D eigenvalue weighted by atomic mass is 15.3. The molecule has 0 radical (unpaired) electrons. The minimum atomic E-state index is 0.521. The van der Waals surface area contributed by atoms with Gasteiger partial charge in [0.2, 0.25) is 0 Å². The number of nitrogens with two attached hydrogens (primary N) is 1. The molecule has 2 aromatic heterocycles. The van der Waals surface area contributed by atoms with Gasteiger partial charge in [-0.15, -0.1) is 0 Å². The molecule has 5 nitrogen and oxygen atoms in total. The molecule has 3 heterocycles. The average molecular weight is 259 g/mol. The molecule has 1 unspecified atom stereocenters. The molecule has 3 rings (SSSR count). The lowest BCUT2D eigenvalue weighted by Crippen LogP contribution is -2.41. The van der Waals surface area contributed by atoms with Crippen molar-refractivity contribution in [3.63, 3.8) is 0 Å². The Bertz CT molecular complexity index is 560. The van der Waals surface area contributed by atoms with Crippen molar-refractivity contribution in [2.75, 3.05) is 18.0 Å². The molecule has 5 heteroatoms. The first-order valence-corrected chi connectivity index (χ1v) is 7.07. The number of piperidine rings is 1. The molecule has 2 aromatic rings. The maximum atomic E-state index is 5.75. The van der Waals surface area contributed by atoms with Gasteiger partial charge in [-0.3, -0.25) is 0 Å². The lowest BCUT2D eigenvalue weighted by Gasteiger charge is -2.36. The van der Waals surface area contributed by atoms with Crippen LogP contribution in [-0.2, 0) is 0 Å². The predicted molar refractivity (Wildman–Crippen MR) is 76.4 cm³/mol. The van der Waals surface area contributed by atoms with E-state index >= 15 is 0 Å². The molecule has 0 spiro atoms. The smallest absolute Gasteiger partial charge is 0.154 e. The summed E-state index contributed by atoms with van der Waals surface area (Å²) in [5.74, 6) is 1.06. The number of aromatic nitrogens is 3. The van der Waals surface area contributed by atoms with Gasteiger partial charge in [0.1, 0.15) is 5.52 Å². The van der Waals surface area contributed by atoms with Gasteiger partial charge in [-0.25, -0.2) is 9.50 Å². The van der Waals surface area contributed by atoms with Crippen LogP contribution in [0.5, 0.6) is 0 Å². The SMILES string of the molecule is Cc1cc2c(N3CCCCC3CCN)nccn2n1. The third kappa shape index (κ3) is 2.30. The number of rotatable bonds is 3. The molecule has 0 aliphatic carbocycles. The zero-order chi connectivity index (χ0) is 13.2. The summed E-state index contributed by atoms with van der Waals surface area (Å²) < 4.78 is 1.92. The summed E-state index contributed by atoms with van der Waals surface area (Å²) in [4.78, 5) is 7.02. The normalized spacial score (nSPS) is 20.1. The second-order valence-electron chi connectivity index (χ2n) is 5.29. The van der Waals surface area contributed by atoms with Crippen LogP contribution in [0.4, 0.5) is 5.82 Å². The Kier molecular flexibility index (Phi) is 3.38. The summed E-state index contributed by atoms with van der Waals surface area (Å²) in [6.45, 7) is 3.83. The van der Waals surface area contributed by atoms with E-state index in [-0.39, 0.29) is 0 Å². The summed E-state index contributed by atoms with van der Waals surface area (Å²) in [5.41, 5.74) is 7.88. The third-order valence-electron chi connectivity index (χ3n) is 3.89. The number of hydrogen-bond donors (Lipinski definition) is 1. The van der Waals surface area contributed by atoms with Crippen LogP contribution >= 0.6 is 0 Å². The molecule has 0 amide bonds. The van der Waals surface area contributed by atoms with Crippen LogP contribution < -0.4 is 10.6 Å². The average Bonchev–Trinajstić information content (AvgIpc) is 2.80. The van der Waals surface area contributed by atoms with Crippen molar-refractivity contribution in [3.8, 4) is 0 Å². The molecule has 1 saturated heterocycles. The molecule has 1 fully saturated rings. The van der Waals surface area contributed by atoms with Crippen molar-refractivity contribution in [1.29, 1.82) is 0 Å². The van der Waals surface area contributed by atoms with Crippen LogP contribution in [0.25, 0.3) is 5.52 Å². The minimum Gasteiger partial charge on any atom is -0.352 e. The van der Waals surface area contributed by atoms with Crippen LogP contribution in [0.1, 0.15) is 31.4 Å². The molecule has 0 bridgehead atoms. The number of fused-ring (bicyclic) bond motifs is 1. The van der Waals surface area contributed by atoms with Crippen molar-refractivity contribution in [3.05, 3.63) is 24.2 Å². The highest BCUT2D eigenvalue weighted by Crippen LogP contribution is 2.28. The number of anilines is 1. The van der Waals surface area contributed by atoms with Crippen LogP contribution in [-0.4, -0.2) is 33.7 Å². The Morgan fingerprint density at radius 1 is 1.42 bits per heavy atom. The van der Waals surface area contributed by atoms with Gasteiger partial charge in [0.25, 0.3) is 0 Å². The van der Waals surface area contributed by atoms with Gasteiger partial charge in [-0.1, -0.05) is 0 Å². The summed E-state index contributed by atoms with van der Waals surface area (Å²) in [5, 5.41) is 4.46. The molecule has 2 N–H and O–H groups in total. The highest BCUT2D eigenvalue weighted by molar-refractivity contribution is 5.69. The van der Waals surface area contributed by atoms with E-state index in [0.29, 0.717) is 6.04 Å². The van der Waals surface area contributed by atoms with Crippen molar-refractivity contribution < 1.29 is 0 Å². The lowest BCUT2D eigenvalue weighted by molar-refractivity contribution is 0.439. The second-order valence-corrected chi connectivity index (χ2v) is 5.29. The van der Waals surface area contributed by atoms with E-state index in [1.807, 2.05) is 23.8 Å². The Balaban J connectivity index is 2.01. The Morgan fingerprint density at radius 3 is 3.16 bits per heavy atom. The maximum absolute atomic E-state index is 5.75. The van der Waals surface area contributed by atoms with Crippen LogP contribution in [0.15, 0.2) is 18.5 Å². The Morgan fingerprint density at radius 2 is 2.32 bits per heavy atom. The molecule has 1 aliphatic heterocycles. The van der Waals surface area contributed by atoms with Gasteiger partial charge in [0.15, 0.2) is 5.82 Å². The summed E-state index contributed by atoms with van der Waals surface area (Å²) >= 11 is 0. The number of aryl methyl sites for hydroxylation is 1. The van der Waals surface area contributed by atoms with Gasteiger partial charge in [0.05, 0.1) is 5.69 Å². The van der Waals surface area contributed by atoms with Gasteiger partial charge in [-0.2, -0.15) is 5.10 Å². The fourth-order valence-corrected chi connectivity index (χ4v) is 3.02. The van der Waals surface area contributed by atoms with E-state index in [9.17, 15) is 0 Å². The first kappa shape index (κ1) is 12.4. The quantitative estimate of drug-likeness (QED) is 0.912. The molecule has 1 atom stereocenters. The first-order chi connectivity index (χ1) is 9.29. The second kappa shape index (κ2) is 5.17. The largest absolute Gasteiger partial charge is 0.352 e. The monoisotopic (exact) mass is 259 g/mol. The standard InChI is InChI=1S/C14H21N5/c1-11-10-13-14(16-7-9-19(13)17-11)18-8-3-2-4-12(18)5-6-15/h7,9-10,12H,2-6,8,15H2,1H3. The highest BCUT2D eigenvalue weighted by Gasteiger charge is 2.24. The molecule has 19 heavy (non-hydrogen) atoms. The fraction of sp³-hybridized carbons (Fsp3) is 0.571. The number of hydrogen-bond acceptors (Lipinski definition) is 4. The predicted octanol–water partition coefficient (Wildman–Crippen LogP) is 1.75. The van der Waals surface area contributed by atoms with Crippen molar-refractivity contribution in [1.82, 2.24) is 14.6 Å². The molecule has 1 aliphatic rings. The van der Waals surface area contributed by atoms with Gasteiger partial charge >= 0.3 is 0 Å². The first-order valence-electron chi connectivity index (χ1n) is 7.07. The van der Waals surface area contributed by atoms with Crippen LogP contribution in [0.2, 0.25) is 0 Å². The van der Waals surface area contributed by atoms with Crippen molar-refractivity contribution >= 4 is 11.3 Å². The van der Waals surface area contributed by atoms with Gasteiger partial charge in [-0.05, 0) is 45.2 Å². The minimum absolute atomic E-state index is 0.521. The summed E-state index contributed by atoms with van der Waals surface area (Å²) in [6, 6.07) is 2.63. The van der Waals surface area contributed by atoms with E-state index in [1.54, 1.807) is 0 Å². The van der Waals surface area contributed by atoms with E-state index in [1.165, 1.54) is 19.3 Å². The van der Waals surface area contributed by atoms with Gasteiger partial charge < -0.3 is 10.6 Å². The lowest BCUT2D eigenvalue weighted by atomic mass is 9.99. The van der Waals surface area contributed by atoms with Crippen molar-refractivity contribution in [2.24, 2.45) is 5.73 Å². The van der Waals surface area contributed by atoms with E-state index in [2.05, 4.69) is 21.0 Å². The summed E-state index contributed by atoms with van der Waals surface area (Å²) in [7, 11) is 0. The fourth-order valence-electron chi connectivity index (χ4n) is 3.02. The van der Waals surface area contributed by atoms with Gasteiger partial charge in [0, 0.05) is 25.0 Å². The topological polar surface area (TPSA) is 59.5 Å². The zero-order valence-electron chi connectivity index (χ0n) is 11.4. The maximum Gasteiger partial charge on any atom is 0.154 e. The van der Waals surface area contributed by atoms with Crippen molar-refractivity contribution in [2.45, 2.75) is 38.6 Å². The van der Waals surface area contributed by atoms with Crippen LogP contribution in [0, 0.1) is 6.92 Å². The zero-order valence-corrected chi connectivity index (χ0v) is 11.4. The van der Waals surface area contributed by atoms with E-state index in [0.717, 1.165) is 36.5 Å². The summed E-state index contributed by atoms with van der Waals surface area (Å²) in [6.07, 6.45) is 8.53. The Hall–Kier alpha value is -1.62. The third-order valence-corrected chi connectivity index (χ3v) is 3.89. The molecular weight excluding hydrogens is 238 g/mol. The molecule has 0 saturated carbocycles. The van der Waals surface area contributed by atoms with E-state index < -0.39 is 0 Å².